The molecule has 0 spiro atoms. The number of carbonyl (C=O) groups excluding carboxylic acids is 1. The van der Waals surface area contributed by atoms with Gasteiger partial charge in [0.1, 0.15) is 6.61 Å². The highest BCUT2D eigenvalue weighted by Crippen LogP contribution is 2.11. The first-order chi connectivity index (χ1) is 10.5. The summed E-state index contributed by atoms with van der Waals surface area (Å²) in [4.78, 5) is 22.5. The quantitative estimate of drug-likeness (QED) is 0.570. The van der Waals surface area contributed by atoms with Gasteiger partial charge in [0, 0.05) is 12.1 Å². The Morgan fingerprint density at radius 2 is 1.95 bits per heavy atom. The second-order valence-electron chi connectivity index (χ2n) is 5.41. The summed E-state index contributed by atoms with van der Waals surface area (Å²) in [7, 11) is 0. The fourth-order valence-corrected chi connectivity index (χ4v) is 1.89. The number of rotatable bonds is 8. The number of hydrogen-bond donors (Lipinski definition) is 2. The summed E-state index contributed by atoms with van der Waals surface area (Å²) in [6.45, 7) is 4.50. The number of amides is 1. The molecule has 0 aliphatic rings. The van der Waals surface area contributed by atoms with E-state index in [-0.39, 0.29) is 12.5 Å². The zero-order chi connectivity index (χ0) is 16.4. The molecule has 1 rings (SSSR count). The summed E-state index contributed by atoms with van der Waals surface area (Å²) < 4.78 is 5.06. The predicted molar refractivity (Wildman–Crippen MR) is 84.4 cm³/mol. The Hall–Kier alpha value is -2.30. The monoisotopic (exact) mass is 305 g/mol. The lowest BCUT2D eigenvalue weighted by Gasteiger charge is -2.07. The SMILES string of the molecule is CC(C)CC(=CCCNC(=O)OCc1ccccc1)C(=O)O. The molecule has 0 aliphatic heterocycles. The molecule has 0 aromatic heterocycles. The molecule has 0 saturated heterocycles. The fourth-order valence-electron chi connectivity index (χ4n) is 1.89. The van der Waals surface area contributed by atoms with Crippen molar-refractivity contribution < 1.29 is 19.4 Å². The van der Waals surface area contributed by atoms with Crippen LogP contribution in [0.5, 0.6) is 0 Å². The van der Waals surface area contributed by atoms with Crippen LogP contribution in [0.15, 0.2) is 42.0 Å². The molecule has 1 aromatic carbocycles. The van der Waals surface area contributed by atoms with E-state index in [1.807, 2.05) is 44.2 Å². The van der Waals surface area contributed by atoms with E-state index in [0.29, 0.717) is 25.0 Å². The Morgan fingerprint density at radius 1 is 1.27 bits per heavy atom. The maximum atomic E-state index is 11.5. The Kier molecular flexibility index (Phi) is 7.75. The van der Waals surface area contributed by atoms with Crippen LogP contribution in [-0.2, 0) is 16.1 Å². The van der Waals surface area contributed by atoms with Gasteiger partial charge in [-0.05, 0) is 24.3 Å². The molecule has 0 unspecified atom stereocenters. The van der Waals surface area contributed by atoms with Gasteiger partial charge in [0.25, 0.3) is 0 Å². The number of ether oxygens (including phenoxy) is 1. The molecule has 5 nitrogen and oxygen atoms in total. The molecule has 0 saturated carbocycles. The first kappa shape index (κ1) is 17.8. The van der Waals surface area contributed by atoms with Gasteiger partial charge in [0.05, 0.1) is 0 Å². The zero-order valence-electron chi connectivity index (χ0n) is 13.0. The number of nitrogens with one attached hydrogen (secondary N) is 1. The van der Waals surface area contributed by atoms with Crippen molar-refractivity contribution in [1.29, 1.82) is 0 Å². The van der Waals surface area contributed by atoms with E-state index < -0.39 is 12.1 Å². The largest absolute Gasteiger partial charge is 0.478 e. The molecule has 0 aliphatic carbocycles. The number of aliphatic carboxylic acids is 1. The number of carbonyl (C=O) groups is 2. The Morgan fingerprint density at radius 3 is 2.55 bits per heavy atom. The maximum absolute atomic E-state index is 11.5. The van der Waals surface area contributed by atoms with Crippen molar-refractivity contribution in [2.24, 2.45) is 5.92 Å². The second kappa shape index (κ2) is 9.60. The fraction of sp³-hybridized carbons (Fsp3) is 0.412. The van der Waals surface area contributed by atoms with Crippen molar-refractivity contribution in [3.63, 3.8) is 0 Å². The Labute approximate surface area is 131 Å². The molecule has 1 amide bonds. The Bertz CT molecular complexity index is 509. The van der Waals surface area contributed by atoms with Crippen molar-refractivity contribution in [2.45, 2.75) is 33.3 Å². The van der Waals surface area contributed by atoms with Crippen LogP contribution in [0.2, 0.25) is 0 Å². The molecule has 0 heterocycles. The molecule has 2 N–H and O–H groups in total. The molecule has 0 fully saturated rings. The van der Waals surface area contributed by atoms with Crippen LogP contribution in [0.1, 0.15) is 32.3 Å². The molecule has 0 radical (unpaired) electrons. The van der Waals surface area contributed by atoms with E-state index in [9.17, 15) is 9.59 Å². The minimum atomic E-state index is -0.902. The number of benzene rings is 1. The van der Waals surface area contributed by atoms with Crippen LogP contribution in [-0.4, -0.2) is 23.7 Å². The molecule has 22 heavy (non-hydrogen) atoms. The lowest BCUT2D eigenvalue weighted by Crippen LogP contribution is -2.25. The summed E-state index contributed by atoms with van der Waals surface area (Å²) >= 11 is 0. The van der Waals surface area contributed by atoms with Crippen molar-refractivity contribution >= 4 is 12.1 Å². The lowest BCUT2D eigenvalue weighted by atomic mass is 10.0. The molecule has 5 heteroatoms. The van der Waals surface area contributed by atoms with Crippen molar-refractivity contribution in [2.75, 3.05) is 6.54 Å². The van der Waals surface area contributed by atoms with Gasteiger partial charge in [-0.2, -0.15) is 0 Å². The van der Waals surface area contributed by atoms with Gasteiger partial charge in [-0.15, -0.1) is 0 Å². The summed E-state index contributed by atoms with van der Waals surface area (Å²) in [5.41, 5.74) is 1.30. The summed E-state index contributed by atoms with van der Waals surface area (Å²) in [5.74, 6) is -0.619. The Balaban J connectivity index is 2.27. The van der Waals surface area contributed by atoms with Crippen molar-refractivity contribution in [1.82, 2.24) is 5.32 Å². The van der Waals surface area contributed by atoms with Crippen LogP contribution in [0.25, 0.3) is 0 Å². The first-order valence-electron chi connectivity index (χ1n) is 7.36. The molecular formula is C17H23NO4. The summed E-state index contributed by atoms with van der Waals surface area (Å²) in [5, 5.41) is 11.7. The molecule has 0 bridgehead atoms. The minimum absolute atomic E-state index is 0.218. The highest BCUT2D eigenvalue weighted by Gasteiger charge is 2.09. The molecule has 1 aromatic rings. The van der Waals surface area contributed by atoms with Crippen LogP contribution in [0, 0.1) is 5.92 Å². The first-order valence-corrected chi connectivity index (χ1v) is 7.36. The molecule has 120 valence electrons. The third kappa shape index (κ3) is 7.47. The minimum Gasteiger partial charge on any atom is -0.478 e. The van der Waals surface area contributed by atoms with Gasteiger partial charge < -0.3 is 15.2 Å². The standard InChI is InChI=1S/C17H23NO4/c1-13(2)11-15(16(19)20)9-6-10-18-17(21)22-12-14-7-4-3-5-8-14/h3-5,7-9,13H,6,10-12H2,1-2H3,(H,18,21)(H,19,20). The third-order valence-corrected chi connectivity index (χ3v) is 2.92. The second-order valence-corrected chi connectivity index (χ2v) is 5.41. The summed E-state index contributed by atoms with van der Waals surface area (Å²) in [6.07, 6.45) is 2.14. The topological polar surface area (TPSA) is 75.6 Å². The highest BCUT2D eigenvalue weighted by atomic mass is 16.5. The molecular weight excluding hydrogens is 282 g/mol. The van der Waals surface area contributed by atoms with E-state index in [2.05, 4.69) is 5.32 Å². The van der Waals surface area contributed by atoms with E-state index in [0.717, 1.165) is 5.56 Å². The van der Waals surface area contributed by atoms with Crippen LogP contribution < -0.4 is 5.32 Å². The predicted octanol–water partition coefficient (Wildman–Crippen LogP) is 3.36. The number of carboxylic acid groups (broad SMARTS) is 1. The number of hydrogen-bond acceptors (Lipinski definition) is 3. The highest BCUT2D eigenvalue weighted by molar-refractivity contribution is 5.86. The van der Waals surface area contributed by atoms with E-state index in [1.165, 1.54) is 0 Å². The van der Waals surface area contributed by atoms with Gasteiger partial charge in [-0.1, -0.05) is 50.3 Å². The molecule has 0 atom stereocenters. The van der Waals surface area contributed by atoms with E-state index >= 15 is 0 Å². The van der Waals surface area contributed by atoms with Gasteiger partial charge in [-0.3, -0.25) is 0 Å². The van der Waals surface area contributed by atoms with Gasteiger partial charge in [0.15, 0.2) is 0 Å². The normalized spacial score (nSPS) is 11.3. The number of carboxylic acids is 1. The van der Waals surface area contributed by atoms with Crippen molar-refractivity contribution in [3.05, 3.63) is 47.5 Å². The third-order valence-electron chi connectivity index (χ3n) is 2.92. The summed E-state index contributed by atoms with van der Waals surface area (Å²) in [6, 6.07) is 9.41. The van der Waals surface area contributed by atoms with E-state index in [1.54, 1.807) is 6.08 Å². The van der Waals surface area contributed by atoms with Crippen LogP contribution in [0.4, 0.5) is 4.79 Å². The van der Waals surface area contributed by atoms with Gasteiger partial charge in [0.2, 0.25) is 0 Å². The zero-order valence-corrected chi connectivity index (χ0v) is 13.0. The smallest absolute Gasteiger partial charge is 0.407 e. The van der Waals surface area contributed by atoms with Crippen LogP contribution >= 0.6 is 0 Å². The van der Waals surface area contributed by atoms with Gasteiger partial charge in [-0.25, -0.2) is 9.59 Å². The maximum Gasteiger partial charge on any atom is 0.407 e. The number of alkyl carbamates (subject to hydrolysis) is 1. The average molecular weight is 305 g/mol. The van der Waals surface area contributed by atoms with Crippen molar-refractivity contribution in [3.8, 4) is 0 Å². The van der Waals surface area contributed by atoms with Crippen LogP contribution in [0.3, 0.4) is 0 Å². The van der Waals surface area contributed by atoms with Gasteiger partial charge >= 0.3 is 12.1 Å². The average Bonchev–Trinajstić information content (AvgIpc) is 2.48. The van der Waals surface area contributed by atoms with E-state index in [4.69, 9.17) is 9.84 Å². The lowest BCUT2D eigenvalue weighted by molar-refractivity contribution is -0.132.